The molecule has 0 fully saturated rings. The van der Waals surface area contributed by atoms with Gasteiger partial charge in [-0.3, -0.25) is 18.9 Å². The molecule has 0 aliphatic heterocycles. The van der Waals surface area contributed by atoms with Crippen molar-refractivity contribution in [3.63, 3.8) is 0 Å². The fourth-order valence-electron chi connectivity index (χ4n) is 7.68. The summed E-state index contributed by atoms with van der Waals surface area (Å²) in [5, 5.41) is 59.0. The van der Waals surface area contributed by atoms with Gasteiger partial charge in [-0.25, -0.2) is 0 Å². The number of carbonyl (C=O) groups excluding carboxylic acids is 1. The van der Waals surface area contributed by atoms with Crippen molar-refractivity contribution in [1.29, 1.82) is 0 Å². The van der Waals surface area contributed by atoms with Crippen LogP contribution in [0, 0.1) is 0 Å². The number of fused-ring (bicyclic) bond motifs is 2. The van der Waals surface area contributed by atoms with Crippen LogP contribution in [0.3, 0.4) is 0 Å². The first-order valence-corrected chi connectivity index (χ1v) is 25.7. The summed E-state index contributed by atoms with van der Waals surface area (Å²) in [5.74, 6) is -1.46. The van der Waals surface area contributed by atoms with Gasteiger partial charge in [0.25, 0.3) is 26.1 Å². The quantitative estimate of drug-likeness (QED) is 0.0260. The summed E-state index contributed by atoms with van der Waals surface area (Å²) >= 11 is 12.5. The maximum atomic E-state index is 13.4. The Hall–Kier alpha value is -6.72. The van der Waals surface area contributed by atoms with Crippen LogP contribution in [0.1, 0.15) is 40.9 Å². The molecule has 8 rings (SSSR count). The maximum absolute atomic E-state index is 13.4. The van der Waals surface area contributed by atoms with Gasteiger partial charge >= 0.3 is 37.7 Å². The molecular formula is C52H42CaCl2N6O12S2. The average Bonchev–Trinajstić information content (AvgIpc) is 3.37. The standard InChI is InChI=1S/2C26H22ClN3O6S.Ca/c2*1-3-18-22(37(33,34)35)12-11-21(27)23(18)29-30-24-19-10-5-4-7-15(19)13-20(25(24)31)26(32)28-16-8-6-9-17(14-16)36-2;/h2*4-14,31H,3H2,1-2H3,(H,28,32)(H,33,34,35);/q;;+2/p-2. The Labute approximate surface area is 470 Å². The topological polar surface area (TPSA) is 284 Å². The maximum Gasteiger partial charge on any atom is 2.00 e. The minimum atomic E-state index is -4.55. The van der Waals surface area contributed by atoms with Gasteiger partial charge in [-0.05, 0) is 95.7 Å². The molecule has 4 N–H and O–H groups in total. The van der Waals surface area contributed by atoms with Gasteiger partial charge < -0.3 is 30.1 Å². The molecule has 0 heterocycles. The van der Waals surface area contributed by atoms with Crippen LogP contribution in [0.15, 0.2) is 169 Å². The van der Waals surface area contributed by atoms with Crippen LogP contribution < -0.4 is 25.0 Å². The van der Waals surface area contributed by atoms with E-state index in [0.717, 1.165) is 0 Å². The molecule has 0 aliphatic rings. The number of methoxy groups -OCH3 is 2. The molecule has 1 amide bonds. The van der Waals surface area contributed by atoms with Crippen LogP contribution in [0.4, 0.5) is 34.1 Å². The Morgan fingerprint density at radius 2 is 1.08 bits per heavy atom. The zero-order valence-corrected chi connectivity index (χ0v) is 45.5. The summed E-state index contributed by atoms with van der Waals surface area (Å²) in [6, 6.07) is 34.9. The number of phenolic OH excluding ortho intramolecular Hbond substituents is 1. The number of benzene rings is 8. The zero-order valence-electron chi connectivity index (χ0n) is 40.1. The first kappa shape index (κ1) is 57.6. The number of nitrogens with zero attached hydrogens (tertiary/aromatic N) is 5. The van der Waals surface area contributed by atoms with Crippen molar-refractivity contribution in [1.82, 2.24) is 0 Å². The number of carbonyl (C=O) groups is 1. The van der Waals surface area contributed by atoms with Crippen LogP contribution in [-0.4, -0.2) is 94.8 Å². The number of ether oxygens (including phenoxy) is 2. The number of rotatable bonds is 14. The van der Waals surface area contributed by atoms with E-state index in [4.69, 9.17) is 32.7 Å². The number of hydrogen-bond acceptors (Lipinski definition) is 15. The number of nitrogens with one attached hydrogen (secondary N) is 1. The first-order chi connectivity index (χ1) is 35.3. The molecule has 23 heteroatoms. The Morgan fingerprint density at radius 1 is 0.613 bits per heavy atom. The van der Waals surface area contributed by atoms with Crippen molar-refractivity contribution in [2.45, 2.75) is 36.5 Å². The van der Waals surface area contributed by atoms with Crippen molar-refractivity contribution in [2.24, 2.45) is 25.4 Å². The van der Waals surface area contributed by atoms with E-state index in [1.807, 2.05) is 0 Å². The Balaban J connectivity index is 0.000000241. The Kier molecular flexibility index (Phi) is 19.0. The predicted octanol–water partition coefficient (Wildman–Crippen LogP) is 11.5. The van der Waals surface area contributed by atoms with Crippen molar-refractivity contribution >= 4 is 149 Å². The number of aromatic hydroxyl groups is 1. The fraction of sp³-hybridized carbons (Fsp3) is 0.115. The summed E-state index contributed by atoms with van der Waals surface area (Å²) in [4.78, 5) is 16.5. The van der Waals surface area contributed by atoms with E-state index < -0.39 is 43.5 Å². The van der Waals surface area contributed by atoms with E-state index in [9.17, 15) is 46.1 Å². The van der Waals surface area contributed by atoms with Gasteiger partial charge in [-0.2, -0.15) is 21.9 Å². The van der Waals surface area contributed by atoms with Gasteiger partial charge in [-0.15, -0.1) is 15.3 Å². The molecule has 0 bridgehead atoms. The van der Waals surface area contributed by atoms with Crippen molar-refractivity contribution < 1.29 is 55.5 Å². The van der Waals surface area contributed by atoms with Crippen molar-refractivity contribution in [3.8, 4) is 23.0 Å². The number of aliphatic imine (C=N–C) groups is 1. The molecule has 0 saturated carbocycles. The third-order valence-corrected chi connectivity index (χ3v) is 13.7. The Bertz CT molecular complexity index is 3830. The number of amides is 1. The smallest absolute Gasteiger partial charge is 0.871 e. The molecule has 0 aliphatic carbocycles. The summed E-state index contributed by atoms with van der Waals surface area (Å²) in [6.45, 7) is 3.34. The van der Waals surface area contributed by atoms with Gasteiger partial charge in [0.1, 0.15) is 28.6 Å². The number of phenols is 1. The van der Waals surface area contributed by atoms with Crippen molar-refractivity contribution in [3.05, 3.63) is 166 Å². The fourth-order valence-corrected chi connectivity index (χ4v) is 9.69. The molecule has 0 aromatic heterocycles. The van der Waals surface area contributed by atoms with E-state index >= 15 is 0 Å². The van der Waals surface area contributed by atoms with Gasteiger partial charge in [0, 0.05) is 39.7 Å². The molecule has 8 aromatic rings. The summed E-state index contributed by atoms with van der Waals surface area (Å²) in [6.07, 6.45) is 0.340. The zero-order chi connectivity index (χ0) is 53.5. The van der Waals surface area contributed by atoms with E-state index in [2.05, 4.69) is 30.8 Å². The molecule has 0 unspecified atom stereocenters. The van der Waals surface area contributed by atoms with Gasteiger partial charge in [-0.1, -0.05) is 103 Å². The molecular weight excluding hydrogens is 1080 g/mol. The van der Waals surface area contributed by atoms with Crippen LogP contribution >= 0.6 is 23.2 Å². The summed E-state index contributed by atoms with van der Waals surface area (Å²) in [5.41, 5.74) is 0.651. The van der Waals surface area contributed by atoms with Gasteiger partial charge in [0.05, 0.1) is 51.0 Å². The molecule has 0 saturated heterocycles. The van der Waals surface area contributed by atoms with E-state index in [0.29, 0.717) is 44.4 Å². The van der Waals surface area contributed by atoms with E-state index in [1.54, 1.807) is 111 Å². The third kappa shape index (κ3) is 13.2. The predicted molar refractivity (Wildman–Crippen MR) is 285 cm³/mol. The first-order valence-electron chi connectivity index (χ1n) is 22.0. The second-order valence-corrected chi connectivity index (χ2v) is 19.4. The minimum absolute atomic E-state index is 0. The summed E-state index contributed by atoms with van der Waals surface area (Å²) in [7, 11) is -6.09. The largest absolute Gasteiger partial charge is 2.00 e. The minimum Gasteiger partial charge on any atom is -0.871 e. The number of halogens is 2. The number of azo groups is 2. The third-order valence-electron chi connectivity index (χ3n) is 11.2. The molecule has 380 valence electrons. The number of hydrogen-bond donors (Lipinski definition) is 4. The van der Waals surface area contributed by atoms with E-state index in [-0.39, 0.29) is 115 Å². The second kappa shape index (κ2) is 24.7. The van der Waals surface area contributed by atoms with Gasteiger partial charge in [0.15, 0.2) is 5.75 Å². The SMILES string of the molecule is CCc1c(S(=O)(=O)O)ccc(Cl)c1N=Nc1c(O)c(C(=O)Nc2cccc(OC)c2)cc2ccccc12.CCc1c(S(=O)(=O)O)ccc(Cl)c1N=Nc1c([O-])c(C([O-])=Nc2cccc(OC)c2)cc2ccccc12.[Ca+2]. The molecule has 0 spiro atoms. The van der Waals surface area contributed by atoms with Crippen LogP contribution in [-0.2, 0) is 33.1 Å². The normalized spacial score (nSPS) is 11.9. The van der Waals surface area contributed by atoms with E-state index in [1.165, 1.54) is 50.6 Å². The molecule has 75 heavy (non-hydrogen) atoms. The molecule has 8 aromatic carbocycles. The molecule has 18 nitrogen and oxygen atoms in total. The molecule has 0 atom stereocenters. The van der Waals surface area contributed by atoms with Crippen LogP contribution in [0.5, 0.6) is 23.0 Å². The average molecular weight is 1120 g/mol. The van der Waals surface area contributed by atoms with Crippen LogP contribution in [0.25, 0.3) is 21.5 Å². The van der Waals surface area contributed by atoms with Crippen molar-refractivity contribution in [2.75, 3.05) is 19.5 Å². The number of anilines is 1. The summed E-state index contributed by atoms with van der Waals surface area (Å²) < 4.78 is 76.8. The van der Waals surface area contributed by atoms with Crippen LogP contribution in [0.2, 0.25) is 10.0 Å². The van der Waals surface area contributed by atoms with Gasteiger partial charge in [0.2, 0.25) is 0 Å². The Morgan fingerprint density at radius 3 is 1.60 bits per heavy atom. The second-order valence-electron chi connectivity index (χ2n) is 15.8. The monoisotopic (exact) mass is 1120 g/mol. The molecule has 0 radical (unpaired) electrons.